The highest BCUT2D eigenvalue weighted by Crippen LogP contribution is 2.12. The van der Waals surface area contributed by atoms with Crippen LogP contribution in [0.4, 0.5) is 0 Å². The fourth-order valence-corrected chi connectivity index (χ4v) is 1.54. The number of hydrogen-bond donors (Lipinski definition) is 0. The molecule has 0 aliphatic carbocycles. The molecule has 1 aromatic rings. The molecule has 0 aromatic carbocycles. The summed E-state index contributed by atoms with van der Waals surface area (Å²) in [4.78, 5) is 14.7. The lowest BCUT2D eigenvalue weighted by Gasteiger charge is -2.01. The zero-order chi connectivity index (χ0) is 11.5. The van der Waals surface area contributed by atoms with E-state index in [-0.39, 0.29) is 17.2 Å². The summed E-state index contributed by atoms with van der Waals surface area (Å²) in [5.74, 6) is -0.552. The Kier molecular flexibility index (Phi) is 3.65. The first kappa shape index (κ1) is 11.9. The minimum Gasteiger partial charge on any atom is -0.462 e. The van der Waals surface area contributed by atoms with Gasteiger partial charge >= 0.3 is 5.97 Å². The SMILES string of the molecule is CCOC(=O)c1ccc(S(=O)(=O)Cl)nc1. The van der Waals surface area contributed by atoms with Gasteiger partial charge in [-0.05, 0) is 19.1 Å². The van der Waals surface area contributed by atoms with Crippen molar-refractivity contribution in [1.82, 2.24) is 4.98 Å². The zero-order valence-electron chi connectivity index (χ0n) is 7.81. The summed E-state index contributed by atoms with van der Waals surface area (Å²) in [5, 5.41) is -0.294. The summed E-state index contributed by atoms with van der Waals surface area (Å²) in [6.45, 7) is 1.91. The molecule has 1 heterocycles. The van der Waals surface area contributed by atoms with E-state index in [1.54, 1.807) is 6.92 Å². The minimum atomic E-state index is -3.85. The summed E-state index contributed by atoms with van der Waals surface area (Å²) in [5.41, 5.74) is 0.181. The van der Waals surface area contributed by atoms with Crippen LogP contribution < -0.4 is 0 Å². The Labute approximate surface area is 91.5 Å². The van der Waals surface area contributed by atoms with Crippen LogP contribution in [0.1, 0.15) is 17.3 Å². The highest BCUT2D eigenvalue weighted by atomic mass is 35.7. The molecule has 0 radical (unpaired) electrons. The maximum atomic E-state index is 11.2. The van der Waals surface area contributed by atoms with Gasteiger partial charge in [-0.2, -0.15) is 0 Å². The first-order valence-corrected chi connectivity index (χ1v) is 6.34. The fraction of sp³-hybridized carbons (Fsp3) is 0.250. The van der Waals surface area contributed by atoms with E-state index in [1.807, 2.05) is 0 Å². The Hall–Kier alpha value is -1.14. The quantitative estimate of drug-likeness (QED) is 0.594. The van der Waals surface area contributed by atoms with E-state index >= 15 is 0 Å². The van der Waals surface area contributed by atoms with Crippen molar-refractivity contribution in [2.24, 2.45) is 0 Å². The van der Waals surface area contributed by atoms with Gasteiger partial charge in [0, 0.05) is 16.9 Å². The van der Waals surface area contributed by atoms with Gasteiger partial charge in [0.05, 0.1) is 12.2 Å². The molecule has 0 aliphatic rings. The summed E-state index contributed by atoms with van der Waals surface area (Å²) in [7, 11) is 1.20. The number of aromatic nitrogens is 1. The molecule has 0 saturated carbocycles. The maximum absolute atomic E-state index is 11.2. The largest absolute Gasteiger partial charge is 0.462 e. The molecule has 0 amide bonds. The van der Waals surface area contributed by atoms with Crippen LogP contribution in [0.5, 0.6) is 0 Å². The highest BCUT2D eigenvalue weighted by molar-refractivity contribution is 8.13. The molecule has 0 bridgehead atoms. The first-order chi connectivity index (χ1) is 6.95. The van der Waals surface area contributed by atoms with Crippen molar-refractivity contribution < 1.29 is 17.9 Å². The van der Waals surface area contributed by atoms with E-state index in [0.717, 1.165) is 12.3 Å². The van der Waals surface area contributed by atoms with Crippen LogP contribution in [0.25, 0.3) is 0 Å². The Bertz CT molecular complexity index is 454. The molecule has 1 rings (SSSR count). The summed E-state index contributed by atoms with van der Waals surface area (Å²) in [6.07, 6.45) is 1.10. The summed E-state index contributed by atoms with van der Waals surface area (Å²) < 4.78 is 26.3. The van der Waals surface area contributed by atoms with E-state index < -0.39 is 15.0 Å². The number of esters is 1. The fourth-order valence-electron chi connectivity index (χ4n) is 0.860. The minimum absolute atomic E-state index is 0.181. The van der Waals surface area contributed by atoms with Gasteiger partial charge in [0.2, 0.25) is 0 Å². The molecule has 15 heavy (non-hydrogen) atoms. The van der Waals surface area contributed by atoms with Crippen molar-refractivity contribution in [3.05, 3.63) is 23.9 Å². The van der Waals surface area contributed by atoms with Gasteiger partial charge in [0.1, 0.15) is 0 Å². The molecular weight excluding hydrogens is 242 g/mol. The second-order valence-electron chi connectivity index (χ2n) is 2.54. The van der Waals surface area contributed by atoms with Crippen LogP contribution in [-0.2, 0) is 13.8 Å². The Morgan fingerprint density at radius 1 is 1.53 bits per heavy atom. The average Bonchev–Trinajstić information content (AvgIpc) is 2.17. The number of hydrogen-bond acceptors (Lipinski definition) is 5. The van der Waals surface area contributed by atoms with Crippen molar-refractivity contribution in [2.45, 2.75) is 11.9 Å². The predicted molar refractivity (Wildman–Crippen MR) is 53.2 cm³/mol. The van der Waals surface area contributed by atoms with Crippen molar-refractivity contribution in [1.29, 1.82) is 0 Å². The number of rotatable bonds is 3. The molecule has 82 valence electrons. The van der Waals surface area contributed by atoms with Gasteiger partial charge in [-0.25, -0.2) is 18.2 Å². The lowest BCUT2D eigenvalue weighted by Crippen LogP contribution is -2.06. The van der Waals surface area contributed by atoms with E-state index in [9.17, 15) is 13.2 Å². The van der Waals surface area contributed by atoms with E-state index in [1.165, 1.54) is 6.07 Å². The molecule has 7 heteroatoms. The number of halogens is 1. The van der Waals surface area contributed by atoms with Crippen LogP contribution in [0.2, 0.25) is 0 Å². The van der Waals surface area contributed by atoms with Crippen molar-refractivity contribution in [2.75, 3.05) is 6.61 Å². The van der Waals surface area contributed by atoms with Gasteiger partial charge < -0.3 is 4.74 Å². The summed E-state index contributed by atoms with van der Waals surface area (Å²) in [6, 6.07) is 2.44. The number of carbonyl (C=O) groups is 1. The molecule has 0 aliphatic heterocycles. The van der Waals surface area contributed by atoms with Crippen LogP contribution >= 0.6 is 10.7 Å². The third-order valence-corrected chi connectivity index (χ3v) is 2.71. The monoisotopic (exact) mass is 249 g/mol. The van der Waals surface area contributed by atoms with Crippen LogP contribution in [-0.4, -0.2) is 26.0 Å². The molecule has 0 atom stereocenters. The molecule has 0 fully saturated rings. The molecule has 5 nitrogen and oxygen atoms in total. The van der Waals surface area contributed by atoms with Crippen LogP contribution in [0.15, 0.2) is 23.4 Å². The second kappa shape index (κ2) is 4.59. The topological polar surface area (TPSA) is 73.3 Å². The van der Waals surface area contributed by atoms with Gasteiger partial charge in [-0.3, -0.25) is 0 Å². The zero-order valence-corrected chi connectivity index (χ0v) is 9.38. The molecule has 1 aromatic heterocycles. The van der Waals surface area contributed by atoms with E-state index in [2.05, 4.69) is 4.98 Å². The molecule has 0 saturated heterocycles. The van der Waals surface area contributed by atoms with E-state index in [0.29, 0.717) is 0 Å². The standard InChI is InChI=1S/C8H8ClNO4S/c1-2-14-8(11)6-3-4-7(10-5-6)15(9,12)13/h3-5H,2H2,1H3. The number of carbonyl (C=O) groups excluding carboxylic acids is 1. The van der Waals surface area contributed by atoms with Crippen LogP contribution in [0.3, 0.4) is 0 Å². The van der Waals surface area contributed by atoms with Crippen molar-refractivity contribution in [3.63, 3.8) is 0 Å². The number of nitrogens with zero attached hydrogens (tertiary/aromatic N) is 1. The van der Waals surface area contributed by atoms with Gasteiger partial charge in [0.15, 0.2) is 5.03 Å². The lowest BCUT2D eigenvalue weighted by molar-refractivity contribution is 0.0525. The normalized spacial score (nSPS) is 11.1. The third kappa shape index (κ3) is 3.17. The number of pyridine rings is 1. The molecule has 0 spiro atoms. The maximum Gasteiger partial charge on any atom is 0.339 e. The number of ether oxygens (including phenoxy) is 1. The first-order valence-electron chi connectivity index (χ1n) is 4.03. The van der Waals surface area contributed by atoms with Crippen LogP contribution in [0, 0.1) is 0 Å². The van der Waals surface area contributed by atoms with Crippen molar-refractivity contribution >= 4 is 25.7 Å². The lowest BCUT2D eigenvalue weighted by atomic mass is 10.3. The average molecular weight is 250 g/mol. The molecule has 0 unspecified atom stereocenters. The smallest absolute Gasteiger partial charge is 0.339 e. The second-order valence-corrected chi connectivity index (χ2v) is 5.06. The van der Waals surface area contributed by atoms with Gasteiger partial charge in [-0.1, -0.05) is 0 Å². The predicted octanol–water partition coefficient (Wildman–Crippen LogP) is 1.19. The summed E-state index contributed by atoms with van der Waals surface area (Å²) >= 11 is 0. The highest BCUT2D eigenvalue weighted by Gasteiger charge is 2.13. The Morgan fingerprint density at radius 3 is 2.60 bits per heavy atom. The Balaban J connectivity index is 2.96. The molecule has 0 N–H and O–H groups in total. The third-order valence-electron chi connectivity index (χ3n) is 1.50. The van der Waals surface area contributed by atoms with Crippen molar-refractivity contribution in [3.8, 4) is 0 Å². The van der Waals surface area contributed by atoms with Gasteiger partial charge in [0.25, 0.3) is 9.05 Å². The Morgan fingerprint density at radius 2 is 2.20 bits per heavy atom. The van der Waals surface area contributed by atoms with E-state index in [4.69, 9.17) is 15.4 Å². The van der Waals surface area contributed by atoms with Gasteiger partial charge in [-0.15, -0.1) is 0 Å². The molecular formula is C8H8ClNO4S.